The lowest BCUT2D eigenvalue weighted by Gasteiger charge is -2.02. The van der Waals surface area contributed by atoms with Crippen molar-refractivity contribution in [3.05, 3.63) is 28.8 Å². The fourth-order valence-corrected chi connectivity index (χ4v) is 0.710. The minimum Gasteiger partial charge on any atom is -0.503 e. The summed E-state index contributed by atoms with van der Waals surface area (Å²) in [6.45, 7) is 0. The van der Waals surface area contributed by atoms with Crippen molar-refractivity contribution in [3.8, 4) is 5.75 Å². The van der Waals surface area contributed by atoms with Gasteiger partial charge in [0.25, 0.3) is 0 Å². The maximum atomic E-state index is 12.5. The molecule has 13 heavy (non-hydrogen) atoms. The molecule has 1 radical (unpaired) electrons. The molecule has 6 heteroatoms. The number of aromatic hydroxyl groups is 1. The van der Waals surface area contributed by atoms with Crippen molar-refractivity contribution in [2.75, 3.05) is 0 Å². The molecule has 1 aromatic rings. The Bertz CT molecular complexity index is 346. The normalized spacial score (nSPS) is 10.2. The van der Waals surface area contributed by atoms with E-state index in [1.807, 2.05) is 0 Å². The average Bonchev–Trinajstić information content (AvgIpc) is 2.13. The van der Waals surface area contributed by atoms with Gasteiger partial charge in [0.15, 0.2) is 17.4 Å². The van der Waals surface area contributed by atoms with Crippen LogP contribution in [0.15, 0.2) is 0 Å². The van der Waals surface area contributed by atoms with Gasteiger partial charge < -0.3 is 5.11 Å². The minimum absolute atomic E-state index is 0.681. The Hall–Kier alpha value is -1.59. The van der Waals surface area contributed by atoms with Gasteiger partial charge in [0.1, 0.15) is 5.56 Å². The van der Waals surface area contributed by atoms with E-state index in [1.54, 1.807) is 0 Å². The van der Waals surface area contributed by atoms with Crippen LogP contribution in [0.3, 0.4) is 0 Å². The zero-order chi connectivity index (χ0) is 10.2. The number of halogens is 4. The molecule has 0 aliphatic heterocycles. The van der Waals surface area contributed by atoms with Gasteiger partial charge in [-0.15, -0.1) is 0 Å². The van der Waals surface area contributed by atoms with Gasteiger partial charge in [0.05, 0.1) is 0 Å². The Balaban J connectivity index is 3.66. The van der Waals surface area contributed by atoms with Gasteiger partial charge in [-0.3, -0.25) is 4.79 Å². The summed E-state index contributed by atoms with van der Waals surface area (Å²) in [5.41, 5.74) is -1.51. The summed E-state index contributed by atoms with van der Waals surface area (Å²) in [6, 6.07) is 0. The zero-order valence-electron chi connectivity index (χ0n) is 5.87. The topological polar surface area (TPSA) is 37.3 Å². The van der Waals surface area contributed by atoms with Gasteiger partial charge in [-0.25, -0.2) is 8.78 Å². The third kappa shape index (κ3) is 1.24. The Morgan fingerprint density at radius 3 is 1.62 bits per heavy atom. The molecule has 1 N–H and O–H groups in total. The van der Waals surface area contributed by atoms with Crippen LogP contribution in [0.5, 0.6) is 5.75 Å². The van der Waals surface area contributed by atoms with E-state index in [0.29, 0.717) is 6.29 Å². The van der Waals surface area contributed by atoms with Crippen LogP contribution in [0.1, 0.15) is 5.56 Å². The molecule has 0 aliphatic carbocycles. The lowest BCUT2D eigenvalue weighted by molar-refractivity contribution is 0.355. The molecule has 2 nitrogen and oxygen atoms in total. The van der Waals surface area contributed by atoms with Crippen LogP contribution < -0.4 is 0 Å². The number of carbonyl (C=O) groups excluding carboxylic acids is 1. The van der Waals surface area contributed by atoms with Gasteiger partial charge in [-0.05, 0) is 0 Å². The van der Waals surface area contributed by atoms with Crippen LogP contribution >= 0.6 is 0 Å². The van der Waals surface area contributed by atoms with Gasteiger partial charge in [0.2, 0.25) is 17.9 Å². The van der Waals surface area contributed by atoms with Crippen LogP contribution in [0, 0.1) is 23.3 Å². The number of rotatable bonds is 1. The minimum atomic E-state index is -2.02. The molecule has 0 aliphatic rings. The van der Waals surface area contributed by atoms with E-state index in [9.17, 15) is 22.4 Å². The highest BCUT2D eigenvalue weighted by molar-refractivity contribution is 5.76. The Labute approximate surface area is 69.4 Å². The van der Waals surface area contributed by atoms with E-state index in [0.717, 1.165) is 0 Å². The average molecular weight is 193 g/mol. The van der Waals surface area contributed by atoms with Crippen molar-refractivity contribution in [2.24, 2.45) is 0 Å². The lowest BCUT2D eigenvalue weighted by Crippen LogP contribution is -2.02. The van der Waals surface area contributed by atoms with Crippen molar-refractivity contribution in [1.82, 2.24) is 0 Å². The molecule has 0 unspecified atom stereocenters. The Kier molecular flexibility index (Phi) is 2.22. The second kappa shape index (κ2) is 3.04. The van der Waals surface area contributed by atoms with E-state index < -0.39 is 34.6 Å². The summed E-state index contributed by atoms with van der Waals surface area (Å²) in [4.78, 5) is 9.84. The molecule has 0 heterocycles. The molecular formula is C7HF4O2. The quantitative estimate of drug-likeness (QED) is 0.540. The molecule has 0 spiro atoms. The van der Waals surface area contributed by atoms with Gasteiger partial charge >= 0.3 is 0 Å². The predicted octanol–water partition coefficient (Wildman–Crippen LogP) is 1.41. The molecule has 0 saturated carbocycles. The first-order valence-electron chi connectivity index (χ1n) is 2.93. The molecule has 69 valence electrons. The first-order valence-corrected chi connectivity index (χ1v) is 2.93. The van der Waals surface area contributed by atoms with Gasteiger partial charge in [-0.1, -0.05) is 0 Å². The summed E-state index contributed by atoms with van der Waals surface area (Å²) < 4.78 is 49.8. The van der Waals surface area contributed by atoms with Crippen molar-refractivity contribution in [1.29, 1.82) is 0 Å². The predicted molar refractivity (Wildman–Crippen MR) is 32.7 cm³/mol. The molecule has 0 atom stereocenters. The highest BCUT2D eigenvalue weighted by Crippen LogP contribution is 2.27. The summed E-state index contributed by atoms with van der Waals surface area (Å²) >= 11 is 0. The first kappa shape index (κ1) is 9.50. The Morgan fingerprint density at radius 2 is 1.31 bits per heavy atom. The maximum Gasteiger partial charge on any atom is 0.239 e. The number of phenols is 1. The largest absolute Gasteiger partial charge is 0.503 e. The second-order valence-electron chi connectivity index (χ2n) is 2.08. The fourth-order valence-electron chi connectivity index (χ4n) is 0.710. The first-order chi connectivity index (χ1) is 6.00. The summed E-state index contributed by atoms with van der Waals surface area (Å²) in [7, 11) is 0. The third-order valence-corrected chi connectivity index (χ3v) is 1.34. The molecule has 0 fully saturated rings. The molecule has 0 amide bonds. The smallest absolute Gasteiger partial charge is 0.239 e. The molecular weight excluding hydrogens is 192 g/mol. The zero-order valence-corrected chi connectivity index (χ0v) is 5.87. The number of benzene rings is 1. The van der Waals surface area contributed by atoms with E-state index in [-0.39, 0.29) is 0 Å². The summed E-state index contributed by atoms with van der Waals surface area (Å²) in [5, 5.41) is 8.43. The van der Waals surface area contributed by atoms with E-state index in [2.05, 4.69) is 0 Å². The van der Waals surface area contributed by atoms with E-state index in [1.165, 1.54) is 0 Å². The van der Waals surface area contributed by atoms with E-state index in [4.69, 9.17) is 5.11 Å². The van der Waals surface area contributed by atoms with E-state index >= 15 is 0 Å². The van der Waals surface area contributed by atoms with Crippen LogP contribution in [0.25, 0.3) is 0 Å². The molecule has 1 aromatic carbocycles. The number of hydrogen-bond donors (Lipinski definition) is 1. The van der Waals surface area contributed by atoms with Crippen LogP contribution in [-0.4, -0.2) is 11.4 Å². The SMILES string of the molecule is O=[C]c1c(F)c(F)c(O)c(F)c1F. The number of phenolic OH excluding ortho intramolecular Hbond substituents is 1. The second-order valence-corrected chi connectivity index (χ2v) is 2.08. The monoisotopic (exact) mass is 193 g/mol. The maximum absolute atomic E-state index is 12.5. The molecule has 0 saturated heterocycles. The van der Waals surface area contributed by atoms with Gasteiger partial charge in [0, 0.05) is 0 Å². The molecule has 0 aromatic heterocycles. The standard InChI is InChI=1S/C7HF4O2/c8-3-2(1-12)4(9)6(11)7(13)5(3)10/h13H. The van der Waals surface area contributed by atoms with Gasteiger partial charge in [-0.2, -0.15) is 8.78 Å². The summed E-state index contributed by atoms with van der Waals surface area (Å²) in [5.74, 6) is -9.76. The molecule has 0 bridgehead atoms. The highest BCUT2D eigenvalue weighted by Gasteiger charge is 2.24. The fraction of sp³-hybridized carbons (Fsp3) is 0. The van der Waals surface area contributed by atoms with Crippen molar-refractivity contribution < 1.29 is 27.5 Å². The number of hydrogen-bond acceptors (Lipinski definition) is 2. The van der Waals surface area contributed by atoms with Crippen LogP contribution in [0.4, 0.5) is 17.6 Å². The van der Waals surface area contributed by atoms with Crippen molar-refractivity contribution in [2.45, 2.75) is 0 Å². The third-order valence-electron chi connectivity index (χ3n) is 1.34. The highest BCUT2D eigenvalue weighted by atomic mass is 19.2. The van der Waals surface area contributed by atoms with Crippen LogP contribution in [-0.2, 0) is 4.79 Å². The Morgan fingerprint density at radius 1 is 0.923 bits per heavy atom. The lowest BCUT2D eigenvalue weighted by atomic mass is 10.2. The molecule has 1 rings (SSSR count). The van der Waals surface area contributed by atoms with Crippen LogP contribution in [0.2, 0.25) is 0 Å². The summed E-state index contributed by atoms with van der Waals surface area (Å²) in [6.07, 6.45) is 0.681. The van der Waals surface area contributed by atoms with Crippen molar-refractivity contribution in [3.63, 3.8) is 0 Å². The van der Waals surface area contributed by atoms with Crippen molar-refractivity contribution >= 4 is 6.29 Å².